The Bertz CT molecular complexity index is 274. The van der Waals surface area contributed by atoms with E-state index in [0.717, 1.165) is 21.8 Å². The standard InChI is InChI=1S/C11H17BrN2S/c1-9(2)13-6-3-7-15-11-5-4-10(12)8-14-11/h4-5,8-9,13H,3,6-7H2,1-2H3. The van der Waals surface area contributed by atoms with E-state index in [1.165, 1.54) is 6.42 Å². The second-order valence-corrected chi connectivity index (χ2v) is 5.66. The smallest absolute Gasteiger partial charge is 0.0960 e. The van der Waals surface area contributed by atoms with E-state index >= 15 is 0 Å². The van der Waals surface area contributed by atoms with Crippen molar-refractivity contribution in [2.75, 3.05) is 12.3 Å². The second-order valence-electron chi connectivity index (χ2n) is 3.63. The van der Waals surface area contributed by atoms with Crippen LogP contribution in [-0.2, 0) is 0 Å². The average molecular weight is 289 g/mol. The minimum Gasteiger partial charge on any atom is -0.315 e. The van der Waals surface area contributed by atoms with Crippen molar-refractivity contribution in [3.8, 4) is 0 Å². The zero-order chi connectivity index (χ0) is 11.1. The summed E-state index contributed by atoms with van der Waals surface area (Å²) in [7, 11) is 0. The molecule has 1 aromatic heterocycles. The van der Waals surface area contributed by atoms with E-state index in [1.807, 2.05) is 30.1 Å². The molecule has 0 unspecified atom stereocenters. The molecular formula is C11H17BrN2S. The molecule has 84 valence electrons. The zero-order valence-electron chi connectivity index (χ0n) is 9.16. The number of nitrogens with one attached hydrogen (secondary N) is 1. The minimum atomic E-state index is 0.584. The van der Waals surface area contributed by atoms with Gasteiger partial charge in [-0.15, -0.1) is 11.8 Å². The lowest BCUT2D eigenvalue weighted by Crippen LogP contribution is -2.23. The van der Waals surface area contributed by atoms with Crippen molar-refractivity contribution in [1.29, 1.82) is 0 Å². The summed E-state index contributed by atoms with van der Waals surface area (Å²) >= 11 is 5.18. The summed E-state index contributed by atoms with van der Waals surface area (Å²) < 4.78 is 1.04. The topological polar surface area (TPSA) is 24.9 Å². The molecule has 0 atom stereocenters. The molecule has 1 N–H and O–H groups in total. The Balaban J connectivity index is 2.12. The lowest BCUT2D eigenvalue weighted by Gasteiger charge is -2.06. The molecule has 0 radical (unpaired) electrons. The van der Waals surface area contributed by atoms with Gasteiger partial charge in [0.25, 0.3) is 0 Å². The third-order valence-corrected chi connectivity index (χ3v) is 3.32. The van der Waals surface area contributed by atoms with Gasteiger partial charge in [-0.1, -0.05) is 13.8 Å². The van der Waals surface area contributed by atoms with E-state index in [2.05, 4.69) is 40.1 Å². The molecule has 4 heteroatoms. The van der Waals surface area contributed by atoms with Gasteiger partial charge in [0.05, 0.1) is 5.03 Å². The van der Waals surface area contributed by atoms with Crippen molar-refractivity contribution >= 4 is 27.7 Å². The summed E-state index contributed by atoms with van der Waals surface area (Å²) in [5.41, 5.74) is 0. The Morgan fingerprint density at radius 3 is 2.87 bits per heavy atom. The molecule has 1 rings (SSSR count). The number of hydrogen-bond acceptors (Lipinski definition) is 3. The molecule has 1 heterocycles. The molecule has 0 aliphatic heterocycles. The van der Waals surface area contributed by atoms with Crippen LogP contribution in [0, 0.1) is 0 Å². The van der Waals surface area contributed by atoms with E-state index in [0.29, 0.717) is 6.04 Å². The van der Waals surface area contributed by atoms with Crippen molar-refractivity contribution in [3.05, 3.63) is 22.8 Å². The normalized spacial score (nSPS) is 10.9. The molecule has 0 amide bonds. The summed E-state index contributed by atoms with van der Waals surface area (Å²) in [6, 6.07) is 4.66. The van der Waals surface area contributed by atoms with E-state index < -0.39 is 0 Å². The molecule has 15 heavy (non-hydrogen) atoms. The first kappa shape index (κ1) is 13.0. The number of pyridine rings is 1. The Morgan fingerprint density at radius 2 is 2.27 bits per heavy atom. The van der Waals surface area contributed by atoms with Crippen LogP contribution in [0.15, 0.2) is 27.8 Å². The SMILES string of the molecule is CC(C)NCCCSc1ccc(Br)cn1. The number of aromatic nitrogens is 1. The summed E-state index contributed by atoms with van der Waals surface area (Å²) in [6.45, 7) is 5.42. The minimum absolute atomic E-state index is 0.584. The molecular weight excluding hydrogens is 272 g/mol. The number of thioether (sulfide) groups is 1. The third kappa shape index (κ3) is 6.17. The zero-order valence-corrected chi connectivity index (χ0v) is 11.6. The van der Waals surface area contributed by atoms with Crippen LogP contribution in [0.25, 0.3) is 0 Å². The van der Waals surface area contributed by atoms with Crippen molar-refractivity contribution in [1.82, 2.24) is 10.3 Å². The molecule has 0 aliphatic rings. The number of nitrogens with zero attached hydrogens (tertiary/aromatic N) is 1. The monoisotopic (exact) mass is 288 g/mol. The summed E-state index contributed by atoms with van der Waals surface area (Å²) in [5, 5.41) is 4.50. The Labute approximate surface area is 104 Å². The van der Waals surface area contributed by atoms with E-state index in [1.54, 1.807) is 0 Å². The molecule has 0 spiro atoms. The van der Waals surface area contributed by atoms with Gasteiger partial charge >= 0.3 is 0 Å². The van der Waals surface area contributed by atoms with Crippen LogP contribution in [0.4, 0.5) is 0 Å². The fourth-order valence-electron chi connectivity index (χ4n) is 1.09. The lowest BCUT2D eigenvalue weighted by molar-refractivity contribution is 0.586. The molecule has 0 saturated heterocycles. The predicted molar refractivity (Wildman–Crippen MR) is 70.4 cm³/mol. The summed E-state index contributed by atoms with van der Waals surface area (Å²) in [6.07, 6.45) is 3.02. The number of hydrogen-bond donors (Lipinski definition) is 1. The molecule has 1 aromatic rings. The Kier molecular flexibility index (Phi) is 6.29. The van der Waals surface area contributed by atoms with E-state index in [-0.39, 0.29) is 0 Å². The highest BCUT2D eigenvalue weighted by molar-refractivity contribution is 9.10. The first-order valence-electron chi connectivity index (χ1n) is 5.16. The molecule has 0 saturated carbocycles. The maximum Gasteiger partial charge on any atom is 0.0960 e. The van der Waals surface area contributed by atoms with E-state index in [9.17, 15) is 0 Å². The highest BCUT2D eigenvalue weighted by Gasteiger charge is 1.96. The third-order valence-electron chi connectivity index (χ3n) is 1.82. The molecule has 0 fully saturated rings. The predicted octanol–water partition coefficient (Wildman–Crippen LogP) is 3.32. The van der Waals surface area contributed by atoms with Crippen molar-refractivity contribution < 1.29 is 0 Å². The molecule has 0 aliphatic carbocycles. The van der Waals surface area contributed by atoms with Crippen LogP contribution < -0.4 is 5.32 Å². The van der Waals surface area contributed by atoms with Crippen LogP contribution in [-0.4, -0.2) is 23.3 Å². The van der Waals surface area contributed by atoms with Crippen LogP contribution in [0.1, 0.15) is 20.3 Å². The quantitative estimate of drug-likeness (QED) is 0.642. The molecule has 0 aromatic carbocycles. The van der Waals surface area contributed by atoms with Crippen molar-refractivity contribution in [3.63, 3.8) is 0 Å². The maximum absolute atomic E-state index is 4.31. The number of rotatable bonds is 6. The van der Waals surface area contributed by atoms with Gasteiger partial charge in [0.15, 0.2) is 0 Å². The van der Waals surface area contributed by atoms with Crippen molar-refractivity contribution in [2.45, 2.75) is 31.3 Å². The van der Waals surface area contributed by atoms with Gasteiger partial charge < -0.3 is 5.32 Å². The van der Waals surface area contributed by atoms with Crippen LogP contribution in [0.2, 0.25) is 0 Å². The lowest BCUT2D eigenvalue weighted by atomic mass is 10.4. The highest BCUT2D eigenvalue weighted by Crippen LogP contribution is 2.17. The van der Waals surface area contributed by atoms with Crippen LogP contribution in [0.5, 0.6) is 0 Å². The number of halogens is 1. The van der Waals surface area contributed by atoms with Crippen LogP contribution >= 0.6 is 27.7 Å². The van der Waals surface area contributed by atoms with Gasteiger partial charge in [0.1, 0.15) is 0 Å². The fraction of sp³-hybridized carbons (Fsp3) is 0.545. The second kappa shape index (κ2) is 7.25. The molecule has 2 nitrogen and oxygen atoms in total. The van der Waals surface area contributed by atoms with Gasteiger partial charge in [-0.25, -0.2) is 4.98 Å². The average Bonchev–Trinajstić information content (AvgIpc) is 2.20. The largest absolute Gasteiger partial charge is 0.315 e. The van der Waals surface area contributed by atoms with Gasteiger partial charge in [0, 0.05) is 22.5 Å². The van der Waals surface area contributed by atoms with Crippen LogP contribution in [0.3, 0.4) is 0 Å². The first-order chi connectivity index (χ1) is 7.18. The molecule has 0 bridgehead atoms. The van der Waals surface area contributed by atoms with Crippen molar-refractivity contribution in [2.24, 2.45) is 0 Å². The first-order valence-corrected chi connectivity index (χ1v) is 6.94. The van der Waals surface area contributed by atoms with Gasteiger partial charge in [-0.3, -0.25) is 0 Å². The summed E-state index contributed by atoms with van der Waals surface area (Å²) in [5.74, 6) is 1.12. The Morgan fingerprint density at radius 1 is 1.47 bits per heavy atom. The fourth-order valence-corrected chi connectivity index (χ4v) is 2.11. The van der Waals surface area contributed by atoms with Gasteiger partial charge in [0.2, 0.25) is 0 Å². The van der Waals surface area contributed by atoms with E-state index in [4.69, 9.17) is 0 Å². The maximum atomic E-state index is 4.31. The Hall–Kier alpha value is -0.0600. The van der Waals surface area contributed by atoms with Gasteiger partial charge in [-0.2, -0.15) is 0 Å². The highest BCUT2D eigenvalue weighted by atomic mass is 79.9. The summed E-state index contributed by atoms with van der Waals surface area (Å²) in [4.78, 5) is 4.31. The van der Waals surface area contributed by atoms with Gasteiger partial charge in [-0.05, 0) is 41.0 Å².